The molecule has 0 fully saturated rings. The van der Waals surface area contributed by atoms with Crippen LogP contribution in [0.2, 0.25) is 0 Å². The molecule has 110 valence electrons. The van der Waals surface area contributed by atoms with E-state index in [0.717, 1.165) is 17.1 Å². The molecular formula is C12H16N2O6. The van der Waals surface area contributed by atoms with Crippen LogP contribution >= 0.6 is 0 Å². The minimum atomic E-state index is -1.19. The zero-order valence-electron chi connectivity index (χ0n) is 10.9. The fourth-order valence-corrected chi connectivity index (χ4v) is 1.59. The van der Waals surface area contributed by atoms with Gasteiger partial charge in [0.15, 0.2) is 0 Å². The molecule has 0 spiro atoms. The number of esters is 1. The van der Waals surface area contributed by atoms with Gasteiger partial charge in [0.1, 0.15) is 12.6 Å². The van der Waals surface area contributed by atoms with Crippen molar-refractivity contribution in [1.82, 2.24) is 4.90 Å². The SMILES string of the molecule is CC(CC(=O)OCCN1C(=O)C=CC1=O)[C@H](N)C(=O)O. The van der Waals surface area contributed by atoms with E-state index in [4.69, 9.17) is 15.6 Å². The van der Waals surface area contributed by atoms with Crippen LogP contribution in [-0.4, -0.2) is 53.0 Å². The summed E-state index contributed by atoms with van der Waals surface area (Å²) in [6, 6.07) is -1.14. The molecule has 0 aromatic carbocycles. The van der Waals surface area contributed by atoms with Gasteiger partial charge in [-0.25, -0.2) is 0 Å². The lowest BCUT2D eigenvalue weighted by Crippen LogP contribution is -2.38. The molecule has 0 saturated heterocycles. The van der Waals surface area contributed by atoms with Crippen molar-refractivity contribution in [2.24, 2.45) is 11.7 Å². The first kappa shape index (κ1) is 15.8. The van der Waals surface area contributed by atoms with Gasteiger partial charge in [0.25, 0.3) is 11.8 Å². The summed E-state index contributed by atoms with van der Waals surface area (Å²) in [5.41, 5.74) is 5.36. The van der Waals surface area contributed by atoms with Crippen molar-refractivity contribution >= 4 is 23.8 Å². The topological polar surface area (TPSA) is 127 Å². The first-order chi connectivity index (χ1) is 9.32. The van der Waals surface area contributed by atoms with Gasteiger partial charge in [0.05, 0.1) is 13.0 Å². The van der Waals surface area contributed by atoms with Crippen LogP contribution in [0.3, 0.4) is 0 Å². The summed E-state index contributed by atoms with van der Waals surface area (Å²) < 4.78 is 4.84. The largest absolute Gasteiger partial charge is 0.480 e. The standard InChI is InChI=1S/C12H16N2O6/c1-7(11(13)12(18)19)6-10(17)20-5-4-14-8(15)2-3-9(14)16/h2-3,7,11H,4-6,13H2,1H3,(H,18,19)/t7?,11-/m0/s1. The highest BCUT2D eigenvalue weighted by atomic mass is 16.5. The second-order valence-corrected chi connectivity index (χ2v) is 4.43. The van der Waals surface area contributed by atoms with Crippen LogP contribution in [0, 0.1) is 5.92 Å². The number of amides is 2. The minimum absolute atomic E-state index is 0.0320. The fourth-order valence-electron chi connectivity index (χ4n) is 1.59. The summed E-state index contributed by atoms with van der Waals surface area (Å²) in [7, 11) is 0. The van der Waals surface area contributed by atoms with E-state index in [1.54, 1.807) is 0 Å². The van der Waals surface area contributed by atoms with Crippen molar-refractivity contribution in [2.45, 2.75) is 19.4 Å². The molecule has 0 aliphatic carbocycles. The molecule has 2 atom stereocenters. The third-order valence-electron chi connectivity index (χ3n) is 2.87. The van der Waals surface area contributed by atoms with Gasteiger partial charge in [-0.1, -0.05) is 6.92 Å². The molecular weight excluding hydrogens is 268 g/mol. The lowest BCUT2D eigenvalue weighted by molar-refractivity contribution is -0.149. The van der Waals surface area contributed by atoms with Gasteiger partial charge in [0.2, 0.25) is 0 Å². The van der Waals surface area contributed by atoms with Crippen LogP contribution < -0.4 is 5.73 Å². The Labute approximate surface area is 115 Å². The smallest absolute Gasteiger partial charge is 0.320 e. The number of nitrogens with two attached hydrogens (primary N) is 1. The van der Waals surface area contributed by atoms with E-state index in [1.807, 2.05) is 0 Å². The number of imide groups is 1. The molecule has 8 nitrogen and oxygen atoms in total. The van der Waals surface area contributed by atoms with Crippen LogP contribution in [0.25, 0.3) is 0 Å². The number of hydrogen-bond donors (Lipinski definition) is 2. The molecule has 0 aromatic rings. The van der Waals surface area contributed by atoms with Gasteiger partial charge in [-0.05, 0) is 5.92 Å². The number of nitrogens with zero attached hydrogens (tertiary/aromatic N) is 1. The Morgan fingerprint density at radius 2 is 1.90 bits per heavy atom. The highest BCUT2D eigenvalue weighted by molar-refractivity contribution is 6.12. The fraction of sp³-hybridized carbons (Fsp3) is 0.500. The first-order valence-corrected chi connectivity index (χ1v) is 6.00. The molecule has 0 saturated carbocycles. The van der Waals surface area contributed by atoms with Crippen LogP contribution in [0.15, 0.2) is 12.2 Å². The predicted molar refractivity (Wildman–Crippen MR) is 66.2 cm³/mol. The number of carbonyl (C=O) groups is 4. The quantitative estimate of drug-likeness (QED) is 0.448. The molecule has 3 N–H and O–H groups in total. The van der Waals surface area contributed by atoms with Crippen LogP contribution in [-0.2, 0) is 23.9 Å². The van der Waals surface area contributed by atoms with E-state index in [2.05, 4.69) is 0 Å². The predicted octanol–water partition coefficient (Wildman–Crippen LogP) is -1.11. The average molecular weight is 284 g/mol. The molecule has 20 heavy (non-hydrogen) atoms. The van der Waals surface area contributed by atoms with Crippen LogP contribution in [0.4, 0.5) is 0 Å². The number of ether oxygens (including phenoxy) is 1. The van der Waals surface area contributed by atoms with Gasteiger partial charge in [0, 0.05) is 12.2 Å². The second-order valence-electron chi connectivity index (χ2n) is 4.43. The Morgan fingerprint density at radius 1 is 1.35 bits per heavy atom. The Hall–Kier alpha value is -2.22. The first-order valence-electron chi connectivity index (χ1n) is 6.00. The molecule has 1 aliphatic rings. The van der Waals surface area contributed by atoms with Gasteiger partial charge < -0.3 is 15.6 Å². The molecule has 1 rings (SSSR count). The molecule has 8 heteroatoms. The normalized spacial score (nSPS) is 17.2. The summed E-state index contributed by atoms with van der Waals surface area (Å²) in [5, 5.41) is 8.68. The summed E-state index contributed by atoms with van der Waals surface area (Å²) >= 11 is 0. The number of rotatable bonds is 7. The van der Waals surface area contributed by atoms with E-state index >= 15 is 0 Å². The zero-order valence-corrected chi connectivity index (χ0v) is 10.9. The van der Waals surface area contributed by atoms with Gasteiger partial charge in [-0.3, -0.25) is 24.1 Å². The maximum absolute atomic E-state index is 11.4. The average Bonchev–Trinajstić information content (AvgIpc) is 2.69. The molecule has 1 heterocycles. The monoisotopic (exact) mass is 284 g/mol. The maximum Gasteiger partial charge on any atom is 0.320 e. The van der Waals surface area contributed by atoms with Crippen molar-refractivity contribution < 1.29 is 29.0 Å². The highest BCUT2D eigenvalue weighted by Gasteiger charge is 2.25. The third kappa shape index (κ3) is 4.16. The van der Waals surface area contributed by atoms with Crippen molar-refractivity contribution in [3.63, 3.8) is 0 Å². The van der Waals surface area contributed by atoms with Crippen molar-refractivity contribution in [2.75, 3.05) is 13.2 Å². The maximum atomic E-state index is 11.4. The van der Waals surface area contributed by atoms with E-state index < -0.39 is 35.7 Å². The lowest BCUT2D eigenvalue weighted by Gasteiger charge is -2.16. The third-order valence-corrected chi connectivity index (χ3v) is 2.87. The Morgan fingerprint density at radius 3 is 2.40 bits per heavy atom. The molecule has 0 bridgehead atoms. The highest BCUT2D eigenvalue weighted by Crippen LogP contribution is 2.08. The Kier molecular flexibility index (Phi) is 5.39. The van der Waals surface area contributed by atoms with Crippen LogP contribution in [0.5, 0.6) is 0 Å². The van der Waals surface area contributed by atoms with Gasteiger partial charge in [-0.15, -0.1) is 0 Å². The van der Waals surface area contributed by atoms with Crippen molar-refractivity contribution in [3.05, 3.63) is 12.2 Å². The lowest BCUT2D eigenvalue weighted by atomic mass is 9.99. The van der Waals surface area contributed by atoms with Gasteiger partial charge >= 0.3 is 11.9 Å². The molecule has 0 radical (unpaired) electrons. The summed E-state index contributed by atoms with van der Waals surface area (Å²) in [5.74, 6) is -3.29. The van der Waals surface area contributed by atoms with E-state index in [1.165, 1.54) is 6.92 Å². The molecule has 0 aromatic heterocycles. The Bertz CT molecular complexity index is 441. The molecule has 1 unspecified atom stereocenters. The number of aliphatic carboxylic acids is 1. The Balaban J connectivity index is 2.29. The zero-order chi connectivity index (χ0) is 15.3. The summed E-state index contributed by atoms with van der Waals surface area (Å²) in [6.45, 7) is 1.36. The number of carboxylic acids is 1. The summed E-state index contributed by atoms with van der Waals surface area (Å²) in [6.07, 6.45) is 2.13. The summed E-state index contributed by atoms with van der Waals surface area (Å²) in [4.78, 5) is 45.4. The van der Waals surface area contributed by atoms with E-state index in [9.17, 15) is 19.2 Å². The number of hydrogen-bond acceptors (Lipinski definition) is 6. The second kappa shape index (κ2) is 6.80. The number of carboxylic acid groups (broad SMARTS) is 1. The molecule has 2 amide bonds. The minimum Gasteiger partial charge on any atom is -0.480 e. The van der Waals surface area contributed by atoms with Gasteiger partial charge in [-0.2, -0.15) is 0 Å². The number of carbonyl (C=O) groups excluding carboxylic acids is 3. The van der Waals surface area contributed by atoms with E-state index in [-0.39, 0.29) is 19.6 Å². The van der Waals surface area contributed by atoms with Crippen molar-refractivity contribution in [1.29, 1.82) is 0 Å². The molecule has 1 aliphatic heterocycles. The van der Waals surface area contributed by atoms with E-state index in [0.29, 0.717) is 0 Å². The van der Waals surface area contributed by atoms with Crippen LogP contribution in [0.1, 0.15) is 13.3 Å². The van der Waals surface area contributed by atoms with Crippen molar-refractivity contribution in [3.8, 4) is 0 Å².